The number of pyridine rings is 1. The highest BCUT2D eigenvalue weighted by Gasteiger charge is 2.26. The lowest BCUT2D eigenvalue weighted by Crippen LogP contribution is -2.51. The summed E-state index contributed by atoms with van der Waals surface area (Å²) < 4.78 is 1.63. The van der Waals surface area contributed by atoms with Crippen molar-refractivity contribution in [1.82, 2.24) is 29.9 Å². The smallest absolute Gasteiger partial charge is 0.274 e. The Hall–Kier alpha value is -3.98. The van der Waals surface area contributed by atoms with Crippen LogP contribution in [0.2, 0.25) is 5.15 Å². The van der Waals surface area contributed by atoms with E-state index in [2.05, 4.69) is 28.6 Å². The van der Waals surface area contributed by atoms with E-state index in [0.29, 0.717) is 44.6 Å². The minimum absolute atomic E-state index is 0.0583. The number of nitrogens with one attached hydrogen (secondary N) is 1. The number of fused-ring (bicyclic) bond motifs is 1. The lowest BCUT2D eigenvalue weighted by atomic mass is 10.0. The molecule has 10 heteroatoms. The van der Waals surface area contributed by atoms with Crippen molar-refractivity contribution in [2.75, 3.05) is 26.2 Å². The van der Waals surface area contributed by atoms with Crippen molar-refractivity contribution in [2.45, 2.75) is 19.4 Å². The Kier molecular flexibility index (Phi) is 7.80. The minimum Gasteiger partial charge on any atom is -0.338 e. The molecule has 0 radical (unpaired) electrons. The number of allylic oxidation sites excluding steroid dienone is 3. The molecular weight excluding hydrogens is 480 g/mol. The van der Waals surface area contributed by atoms with Gasteiger partial charge >= 0.3 is 0 Å². The normalized spacial score (nSPS) is 15.6. The molecule has 0 bridgehead atoms. The first-order valence-corrected chi connectivity index (χ1v) is 12.0. The van der Waals surface area contributed by atoms with Crippen LogP contribution in [0.1, 0.15) is 28.2 Å². The summed E-state index contributed by atoms with van der Waals surface area (Å²) in [4.78, 5) is 45.4. The maximum atomic E-state index is 12.9. The fourth-order valence-electron chi connectivity index (χ4n) is 4.16. The Morgan fingerprint density at radius 3 is 2.53 bits per heavy atom. The van der Waals surface area contributed by atoms with E-state index in [-0.39, 0.29) is 35.1 Å². The van der Waals surface area contributed by atoms with E-state index in [0.717, 1.165) is 17.0 Å². The van der Waals surface area contributed by atoms with Crippen molar-refractivity contribution in [3.05, 3.63) is 89.2 Å². The molecule has 36 heavy (non-hydrogen) atoms. The van der Waals surface area contributed by atoms with Crippen LogP contribution in [0.15, 0.2) is 67.1 Å². The van der Waals surface area contributed by atoms with Crippen LogP contribution in [0.25, 0.3) is 6.08 Å². The summed E-state index contributed by atoms with van der Waals surface area (Å²) >= 11 is 5.88. The van der Waals surface area contributed by atoms with Crippen LogP contribution in [-0.2, 0) is 22.6 Å². The SMILES string of the molecule is C=C/C=C(\C=C)C(=O)N1CCN(C(=O)Cn2cc3c(n2)CCC(NC(=O)c2cccc(Cl)n2)=C3)CC1. The summed E-state index contributed by atoms with van der Waals surface area (Å²) in [5.74, 6) is -0.498. The summed E-state index contributed by atoms with van der Waals surface area (Å²) in [6, 6.07) is 4.89. The Morgan fingerprint density at radius 2 is 1.83 bits per heavy atom. The molecule has 0 unspecified atom stereocenters. The van der Waals surface area contributed by atoms with Gasteiger partial charge in [-0.15, -0.1) is 0 Å². The molecule has 1 fully saturated rings. The number of amides is 3. The highest BCUT2D eigenvalue weighted by molar-refractivity contribution is 6.29. The maximum absolute atomic E-state index is 12.9. The van der Waals surface area contributed by atoms with Gasteiger partial charge in [0.1, 0.15) is 17.4 Å². The van der Waals surface area contributed by atoms with Crippen molar-refractivity contribution in [3.8, 4) is 0 Å². The van der Waals surface area contributed by atoms with Crippen molar-refractivity contribution in [3.63, 3.8) is 0 Å². The van der Waals surface area contributed by atoms with E-state index in [9.17, 15) is 14.4 Å². The number of aromatic nitrogens is 3. The number of aryl methyl sites for hydroxylation is 1. The molecule has 1 saturated heterocycles. The van der Waals surface area contributed by atoms with E-state index in [1.165, 1.54) is 6.08 Å². The van der Waals surface area contributed by atoms with Crippen LogP contribution in [0, 0.1) is 0 Å². The highest BCUT2D eigenvalue weighted by Crippen LogP contribution is 2.22. The van der Waals surface area contributed by atoms with Gasteiger partial charge in [0.2, 0.25) is 5.91 Å². The van der Waals surface area contributed by atoms with Crippen molar-refractivity contribution in [1.29, 1.82) is 0 Å². The zero-order chi connectivity index (χ0) is 25.7. The highest BCUT2D eigenvalue weighted by atomic mass is 35.5. The standard InChI is InChI=1S/C26H27ClN6O3/c1-3-6-18(4-2)26(36)32-13-11-31(12-14-32)24(34)17-33-16-19-15-20(9-10-21(19)30-33)28-25(35)22-7-5-8-23(27)29-22/h3-8,15-16H,1-2,9-14,17H2,(H,28,35)/b18-6+. The Morgan fingerprint density at radius 1 is 1.08 bits per heavy atom. The molecule has 1 aliphatic heterocycles. The van der Waals surface area contributed by atoms with Crippen LogP contribution >= 0.6 is 11.6 Å². The molecule has 0 spiro atoms. The molecule has 0 atom stereocenters. The minimum atomic E-state index is -0.326. The van der Waals surface area contributed by atoms with Crippen LogP contribution < -0.4 is 5.32 Å². The van der Waals surface area contributed by atoms with Gasteiger partial charge in [0.05, 0.1) is 5.69 Å². The van der Waals surface area contributed by atoms with Crippen molar-refractivity contribution in [2.24, 2.45) is 0 Å². The van der Waals surface area contributed by atoms with Gasteiger partial charge in [-0.1, -0.05) is 49.1 Å². The molecule has 1 aliphatic carbocycles. The molecule has 4 rings (SSSR count). The second-order valence-corrected chi connectivity index (χ2v) is 8.82. The number of hydrogen-bond donors (Lipinski definition) is 1. The lowest BCUT2D eigenvalue weighted by Gasteiger charge is -2.35. The number of rotatable bonds is 7. The molecular formula is C26H27ClN6O3. The van der Waals surface area contributed by atoms with E-state index in [1.54, 1.807) is 44.8 Å². The number of halogens is 1. The summed E-state index contributed by atoms with van der Waals surface area (Å²) in [6.45, 7) is 9.23. The molecule has 2 aliphatic rings. The van der Waals surface area contributed by atoms with Gasteiger partial charge in [-0.3, -0.25) is 19.1 Å². The Labute approximate surface area is 214 Å². The van der Waals surface area contributed by atoms with Gasteiger partial charge in [-0.2, -0.15) is 5.10 Å². The van der Waals surface area contributed by atoms with E-state index >= 15 is 0 Å². The second kappa shape index (κ2) is 11.2. The number of piperazine rings is 1. The molecule has 0 saturated carbocycles. The molecule has 1 N–H and O–H groups in total. The quantitative estimate of drug-likeness (QED) is 0.353. The number of hydrogen-bond acceptors (Lipinski definition) is 5. The molecule has 9 nitrogen and oxygen atoms in total. The predicted octanol–water partition coefficient (Wildman–Crippen LogP) is 2.62. The van der Waals surface area contributed by atoms with Gasteiger partial charge in [0.15, 0.2) is 0 Å². The fourth-order valence-corrected chi connectivity index (χ4v) is 4.33. The fraction of sp³-hybridized carbons (Fsp3) is 0.269. The number of carbonyl (C=O) groups is 3. The maximum Gasteiger partial charge on any atom is 0.274 e. The van der Waals surface area contributed by atoms with Crippen LogP contribution in [0.3, 0.4) is 0 Å². The number of nitrogens with zero attached hydrogens (tertiary/aromatic N) is 5. The third-order valence-corrected chi connectivity index (χ3v) is 6.24. The van der Waals surface area contributed by atoms with Gasteiger partial charge in [-0.05, 0) is 31.1 Å². The number of carbonyl (C=O) groups excluding carboxylic acids is 3. The molecule has 186 valence electrons. The molecule has 0 aromatic carbocycles. The summed E-state index contributed by atoms with van der Waals surface area (Å²) in [6.07, 6.45) is 9.65. The largest absolute Gasteiger partial charge is 0.338 e. The van der Waals surface area contributed by atoms with E-state index in [1.807, 2.05) is 12.3 Å². The third kappa shape index (κ3) is 5.80. The first-order valence-electron chi connectivity index (χ1n) is 11.6. The van der Waals surface area contributed by atoms with E-state index < -0.39 is 0 Å². The monoisotopic (exact) mass is 506 g/mol. The van der Waals surface area contributed by atoms with Crippen molar-refractivity contribution >= 4 is 35.4 Å². The Bertz CT molecular complexity index is 1270. The first-order chi connectivity index (χ1) is 17.4. The Balaban J connectivity index is 1.33. The molecule has 2 aromatic heterocycles. The topological polar surface area (TPSA) is 100 Å². The zero-order valence-electron chi connectivity index (χ0n) is 19.8. The second-order valence-electron chi connectivity index (χ2n) is 8.43. The van der Waals surface area contributed by atoms with Crippen LogP contribution in [-0.4, -0.2) is 68.5 Å². The predicted molar refractivity (Wildman–Crippen MR) is 137 cm³/mol. The lowest BCUT2D eigenvalue weighted by molar-refractivity contribution is -0.138. The van der Waals surface area contributed by atoms with Gasteiger partial charge in [0, 0.05) is 49.2 Å². The average molecular weight is 507 g/mol. The summed E-state index contributed by atoms with van der Waals surface area (Å²) in [5.41, 5.74) is 3.23. The first kappa shape index (κ1) is 25.1. The van der Waals surface area contributed by atoms with E-state index in [4.69, 9.17) is 11.6 Å². The zero-order valence-corrected chi connectivity index (χ0v) is 20.6. The van der Waals surface area contributed by atoms with Gasteiger partial charge in [-0.25, -0.2) is 4.98 Å². The third-order valence-electron chi connectivity index (χ3n) is 6.03. The molecule has 2 aromatic rings. The van der Waals surface area contributed by atoms with Gasteiger partial charge in [0.25, 0.3) is 11.8 Å². The summed E-state index contributed by atoms with van der Waals surface area (Å²) in [5, 5.41) is 7.69. The molecule has 3 amide bonds. The average Bonchev–Trinajstić information content (AvgIpc) is 3.28. The van der Waals surface area contributed by atoms with Crippen LogP contribution in [0.4, 0.5) is 0 Å². The van der Waals surface area contributed by atoms with Crippen LogP contribution in [0.5, 0.6) is 0 Å². The van der Waals surface area contributed by atoms with Gasteiger partial charge < -0.3 is 15.1 Å². The molecule has 3 heterocycles. The summed E-state index contributed by atoms with van der Waals surface area (Å²) in [7, 11) is 0. The van der Waals surface area contributed by atoms with Crippen molar-refractivity contribution < 1.29 is 14.4 Å².